The number of rotatable bonds is 1. The Morgan fingerprint density at radius 3 is 2.46 bits per heavy atom. The molecule has 0 spiro atoms. The number of hydrogen-bond donors (Lipinski definition) is 1. The quantitative estimate of drug-likeness (QED) is 0.740. The van der Waals surface area contributed by atoms with E-state index in [-0.39, 0.29) is 0 Å². The van der Waals surface area contributed by atoms with E-state index in [4.69, 9.17) is 0 Å². The molecule has 0 unspecified atom stereocenters. The summed E-state index contributed by atoms with van der Waals surface area (Å²) in [6.45, 7) is 4.15. The predicted octanol–water partition coefficient (Wildman–Crippen LogP) is 2.24. The van der Waals surface area contributed by atoms with Crippen LogP contribution < -0.4 is 0 Å². The van der Waals surface area contributed by atoms with Crippen LogP contribution in [0.4, 0.5) is 0 Å². The summed E-state index contributed by atoms with van der Waals surface area (Å²) in [4.78, 5) is 0. The van der Waals surface area contributed by atoms with Crippen LogP contribution in [0, 0.1) is 13.8 Å². The molecule has 1 nitrogen and oxygen atoms in total. The largest absolute Gasteiger partial charge is 0.383 e. The van der Waals surface area contributed by atoms with Crippen molar-refractivity contribution in [2.45, 2.75) is 19.4 Å². The maximum absolute atomic E-state index is 10.1. The van der Waals surface area contributed by atoms with Crippen molar-refractivity contribution in [1.29, 1.82) is 0 Å². The van der Waals surface area contributed by atoms with Gasteiger partial charge in [-0.05, 0) is 25.0 Å². The highest BCUT2D eigenvalue weighted by Crippen LogP contribution is 2.39. The predicted molar refractivity (Wildman–Crippen MR) is 57.1 cm³/mol. The second-order valence-electron chi connectivity index (χ2n) is 3.84. The zero-order chi connectivity index (χ0) is 9.47. The Kier molecular flexibility index (Phi) is 2.12. The standard InChI is InChI=1S/C11H14OS/c1-8-3-4-10(9(2)5-8)11(12)6-13-7-11/h3-5,12H,6-7H2,1-2H3. The van der Waals surface area contributed by atoms with E-state index in [0.29, 0.717) is 0 Å². The molecule has 1 aliphatic rings. The van der Waals surface area contributed by atoms with Gasteiger partial charge in [0.15, 0.2) is 0 Å². The Balaban J connectivity index is 2.40. The van der Waals surface area contributed by atoms with Gasteiger partial charge >= 0.3 is 0 Å². The smallest absolute Gasteiger partial charge is 0.108 e. The fraction of sp³-hybridized carbons (Fsp3) is 0.455. The van der Waals surface area contributed by atoms with Gasteiger partial charge in [0.2, 0.25) is 0 Å². The zero-order valence-electron chi connectivity index (χ0n) is 8.00. The first-order chi connectivity index (χ1) is 6.12. The molecule has 0 aliphatic carbocycles. The molecule has 1 fully saturated rings. The first-order valence-electron chi connectivity index (χ1n) is 4.50. The third-order valence-corrected chi connectivity index (χ3v) is 3.93. The van der Waals surface area contributed by atoms with Crippen molar-refractivity contribution in [2.24, 2.45) is 0 Å². The molecule has 0 saturated carbocycles. The lowest BCUT2D eigenvalue weighted by Gasteiger charge is -2.37. The molecule has 0 bridgehead atoms. The van der Waals surface area contributed by atoms with E-state index in [0.717, 1.165) is 17.1 Å². The fourth-order valence-corrected chi connectivity index (χ4v) is 2.69. The summed E-state index contributed by atoms with van der Waals surface area (Å²) in [7, 11) is 0. The maximum atomic E-state index is 10.1. The molecule has 0 aromatic heterocycles. The Hall–Kier alpha value is -0.470. The van der Waals surface area contributed by atoms with Gasteiger partial charge in [0, 0.05) is 11.5 Å². The molecule has 0 atom stereocenters. The molecule has 1 aromatic carbocycles. The molecular weight excluding hydrogens is 180 g/mol. The highest BCUT2D eigenvalue weighted by molar-refractivity contribution is 8.00. The fourth-order valence-electron chi connectivity index (χ4n) is 1.79. The lowest BCUT2D eigenvalue weighted by atomic mass is 9.92. The molecular formula is C11H14OS. The van der Waals surface area contributed by atoms with Gasteiger partial charge in [0.1, 0.15) is 5.60 Å². The van der Waals surface area contributed by atoms with Gasteiger partial charge in [-0.3, -0.25) is 0 Å². The minimum Gasteiger partial charge on any atom is -0.383 e. The first-order valence-corrected chi connectivity index (χ1v) is 5.65. The average Bonchev–Trinajstić information content (AvgIpc) is 2.00. The van der Waals surface area contributed by atoms with Crippen molar-refractivity contribution in [1.82, 2.24) is 0 Å². The topological polar surface area (TPSA) is 20.2 Å². The van der Waals surface area contributed by atoms with Crippen molar-refractivity contribution >= 4 is 11.8 Å². The summed E-state index contributed by atoms with van der Waals surface area (Å²) >= 11 is 1.80. The summed E-state index contributed by atoms with van der Waals surface area (Å²) in [6.07, 6.45) is 0. The Labute approximate surface area is 83.2 Å². The van der Waals surface area contributed by atoms with E-state index in [1.54, 1.807) is 11.8 Å². The minimum atomic E-state index is -0.539. The monoisotopic (exact) mass is 194 g/mol. The molecule has 1 N–H and O–H groups in total. The number of hydrogen-bond acceptors (Lipinski definition) is 2. The maximum Gasteiger partial charge on any atom is 0.108 e. The van der Waals surface area contributed by atoms with Gasteiger partial charge in [-0.15, -0.1) is 0 Å². The Morgan fingerprint density at radius 1 is 1.31 bits per heavy atom. The Bertz CT molecular complexity index is 329. The summed E-state index contributed by atoms with van der Waals surface area (Å²) in [5.41, 5.74) is 3.04. The highest BCUT2D eigenvalue weighted by Gasteiger charge is 2.37. The second-order valence-corrected chi connectivity index (χ2v) is 4.83. The molecule has 1 saturated heterocycles. The molecule has 1 heterocycles. The van der Waals surface area contributed by atoms with Crippen LogP contribution in [0.1, 0.15) is 16.7 Å². The molecule has 2 rings (SSSR count). The van der Waals surface area contributed by atoms with Gasteiger partial charge in [-0.1, -0.05) is 23.8 Å². The minimum absolute atomic E-state index is 0.539. The first kappa shape index (κ1) is 9.10. The van der Waals surface area contributed by atoms with Crippen LogP contribution in [0.2, 0.25) is 0 Å². The van der Waals surface area contributed by atoms with E-state index in [2.05, 4.69) is 32.0 Å². The summed E-state index contributed by atoms with van der Waals surface area (Å²) < 4.78 is 0. The van der Waals surface area contributed by atoms with Crippen LogP contribution in [0.15, 0.2) is 18.2 Å². The van der Waals surface area contributed by atoms with E-state index < -0.39 is 5.60 Å². The molecule has 70 valence electrons. The van der Waals surface area contributed by atoms with Crippen LogP contribution in [0.25, 0.3) is 0 Å². The van der Waals surface area contributed by atoms with Gasteiger partial charge < -0.3 is 5.11 Å². The molecule has 1 aromatic rings. The van der Waals surface area contributed by atoms with Crippen molar-refractivity contribution < 1.29 is 5.11 Å². The third-order valence-electron chi connectivity index (χ3n) is 2.56. The Morgan fingerprint density at radius 2 is 2.00 bits per heavy atom. The average molecular weight is 194 g/mol. The van der Waals surface area contributed by atoms with Crippen molar-refractivity contribution in [2.75, 3.05) is 11.5 Å². The number of thioether (sulfide) groups is 1. The van der Waals surface area contributed by atoms with Crippen molar-refractivity contribution in [3.63, 3.8) is 0 Å². The summed E-state index contributed by atoms with van der Waals surface area (Å²) in [5.74, 6) is 1.69. The van der Waals surface area contributed by atoms with Crippen LogP contribution in [-0.2, 0) is 5.60 Å². The number of benzene rings is 1. The summed E-state index contributed by atoms with van der Waals surface area (Å²) in [6, 6.07) is 6.27. The zero-order valence-corrected chi connectivity index (χ0v) is 8.82. The molecule has 2 heteroatoms. The van der Waals surface area contributed by atoms with E-state index >= 15 is 0 Å². The number of aliphatic hydroxyl groups is 1. The highest BCUT2D eigenvalue weighted by atomic mass is 32.2. The van der Waals surface area contributed by atoms with Crippen LogP contribution in [0.3, 0.4) is 0 Å². The molecule has 13 heavy (non-hydrogen) atoms. The van der Waals surface area contributed by atoms with Crippen LogP contribution >= 0.6 is 11.8 Å². The normalized spacial score (nSPS) is 19.6. The SMILES string of the molecule is Cc1ccc(C2(O)CSC2)c(C)c1. The third kappa shape index (κ3) is 1.49. The van der Waals surface area contributed by atoms with Gasteiger partial charge in [-0.25, -0.2) is 0 Å². The van der Waals surface area contributed by atoms with Crippen molar-refractivity contribution in [3.05, 3.63) is 34.9 Å². The molecule has 0 amide bonds. The van der Waals surface area contributed by atoms with E-state index in [1.165, 1.54) is 11.1 Å². The van der Waals surface area contributed by atoms with Crippen LogP contribution in [-0.4, -0.2) is 16.6 Å². The van der Waals surface area contributed by atoms with Gasteiger partial charge in [0.05, 0.1) is 0 Å². The van der Waals surface area contributed by atoms with E-state index in [9.17, 15) is 5.11 Å². The summed E-state index contributed by atoms with van der Waals surface area (Å²) in [5, 5.41) is 10.1. The van der Waals surface area contributed by atoms with Gasteiger partial charge in [0.25, 0.3) is 0 Å². The lowest BCUT2D eigenvalue weighted by molar-refractivity contribution is 0.0762. The van der Waals surface area contributed by atoms with Crippen molar-refractivity contribution in [3.8, 4) is 0 Å². The molecule has 0 radical (unpaired) electrons. The molecule has 1 aliphatic heterocycles. The number of aryl methyl sites for hydroxylation is 2. The van der Waals surface area contributed by atoms with Crippen LogP contribution in [0.5, 0.6) is 0 Å². The van der Waals surface area contributed by atoms with Gasteiger partial charge in [-0.2, -0.15) is 11.8 Å². The second kappa shape index (κ2) is 3.03. The lowest BCUT2D eigenvalue weighted by Crippen LogP contribution is -2.40. The van der Waals surface area contributed by atoms with E-state index in [1.807, 2.05) is 0 Å².